The number of ether oxygens (including phenoxy) is 1. The van der Waals surface area contributed by atoms with Crippen molar-refractivity contribution in [2.24, 2.45) is 0 Å². The number of fused-ring (bicyclic) bond motifs is 1. The zero-order chi connectivity index (χ0) is 15.1. The van der Waals surface area contributed by atoms with Gasteiger partial charge in [0.25, 0.3) is 5.56 Å². The van der Waals surface area contributed by atoms with Gasteiger partial charge in [0.15, 0.2) is 23.7 Å². The van der Waals surface area contributed by atoms with Crippen LogP contribution in [0.15, 0.2) is 11.1 Å². The Kier molecular flexibility index (Phi) is 3.35. The highest BCUT2D eigenvalue weighted by Gasteiger charge is 2.43. The first-order valence-corrected chi connectivity index (χ1v) is 6.05. The van der Waals surface area contributed by atoms with Crippen LogP contribution >= 0.6 is 0 Å². The molecule has 11 heteroatoms. The number of H-pyrrole nitrogens is 2. The van der Waals surface area contributed by atoms with Gasteiger partial charge in [-0.25, -0.2) is 4.98 Å². The van der Waals surface area contributed by atoms with Crippen molar-refractivity contribution < 1.29 is 25.2 Å². The Hall–Kier alpha value is -2.05. The number of aromatic amines is 2. The van der Waals surface area contributed by atoms with Crippen LogP contribution in [0.3, 0.4) is 0 Å². The number of aliphatic hydroxyl groups excluding tert-OH is 4. The molecule has 114 valence electrons. The minimum absolute atomic E-state index is 0.0458. The molecule has 0 saturated carbocycles. The lowest BCUT2D eigenvalue weighted by Crippen LogP contribution is -2.60. The third-order valence-electron chi connectivity index (χ3n) is 3.19. The Labute approximate surface area is 116 Å². The average molecular weight is 299 g/mol. The van der Waals surface area contributed by atoms with Gasteiger partial charge in [0.1, 0.15) is 18.2 Å². The lowest BCUT2D eigenvalue weighted by molar-refractivity contribution is -0.297. The SMILES string of the molecule is O=c1[nH]cnc2nc(N[C@H]3[C@@H](O)[C@@H](O)[C@@H](O)O[C@H]3O)[nH]c12. The van der Waals surface area contributed by atoms with E-state index >= 15 is 0 Å². The first-order valence-electron chi connectivity index (χ1n) is 6.05. The molecule has 11 nitrogen and oxygen atoms in total. The minimum Gasteiger partial charge on any atom is -0.388 e. The molecule has 2 aromatic heterocycles. The Morgan fingerprint density at radius 1 is 1.19 bits per heavy atom. The largest absolute Gasteiger partial charge is 0.388 e. The van der Waals surface area contributed by atoms with Crippen molar-refractivity contribution in [3.05, 3.63) is 16.7 Å². The van der Waals surface area contributed by atoms with E-state index in [4.69, 9.17) is 0 Å². The number of nitrogens with zero attached hydrogens (tertiary/aromatic N) is 2. The molecule has 1 aliphatic rings. The summed E-state index contributed by atoms with van der Waals surface area (Å²) in [6.45, 7) is 0. The number of aromatic nitrogens is 4. The van der Waals surface area contributed by atoms with Gasteiger partial charge in [-0.1, -0.05) is 0 Å². The van der Waals surface area contributed by atoms with Crippen LogP contribution in [0, 0.1) is 0 Å². The molecule has 5 atom stereocenters. The highest BCUT2D eigenvalue weighted by Crippen LogP contribution is 2.21. The van der Waals surface area contributed by atoms with Gasteiger partial charge in [0, 0.05) is 0 Å². The number of nitrogens with one attached hydrogen (secondary N) is 3. The second-order valence-corrected chi connectivity index (χ2v) is 4.58. The van der Waals surface area contributed by atoms with Crippen molar-refractivity contribution in [3.8, 4) is 0 Å². The molecule has 0 aromatic carbocycles. The Morgan fingerprint density at radius 3 is 2.67 bits per heavy atom. The Balaban J connectivity index is 1.87. The summed E-state index contributed by atoms with van der Waals surface area (Å²) in [7, 11) is 0. The van der Waals surface area contributed by atoms with E-state index in [-0.39, 0.29) is 17.1 Å². The van der Waals surface area contributed by atoms with Gasteiger partial charge >= 0.3 is 0 Å². The number of hydrogen-bond donors (Lipinski definition) is 7. The summed E-state index contributed by atoms with van der Waals surface area (Å²) >= 11 is 0. The molecule has 2 aromatic rings. The first-order chi connectivity index (χ1) is 9.97. The maximum atomic E-state index is 11.5. The number of anilines is 1. The molecule has 0 aliphatic carbocycles. The molecular formula is C10H13N5O6. The van der Waals surface area contributed by atoms with Crippen molar-refractivity contribution in [2.45, 2.75) is 30.8 Å². The molecule has 21 heavy (non-hydrogen) atoms. The summed E-state index contributed by atoms with van der Waals surface area (Å²) in [6.07, 6.45) is -5.21. The van der Waals surface area contributed by atoms with Crippen molar-refractivity contribution in [1.82, 2.24) is 19.9 Å². The van der Waals surface area contributed by atoms with Crippen LogP contribution in [0.4, 0.5) is 5.95 Å². The first kappa shape index (κ1) is 13.9. The van der Waals surface area contributed by atoms with Crippen LogP contribution in [0.2, 0.25) is 0 Å². The quantitative estimate of drug-likeness (QED) is 0.301. The third kappa shape index (κ3) is 2.36. The Bertz CT molecular complexity index is 701. The summed E-state index contributed by atoms with van der Waals surface area (Å²) in [5.74, 6) is 0.0458. The maximum absolute atomic E-state index is 11.5. The summed E-state index contributed by atoms with van der Waals surface area (Å²) in [4.78, 5) is 24.3. The van der Waals surface area contributed by atoms with E-state index in [1.807, 2.05) is 0 Å². The number of imidazole rings is 1. The van der Waals surface area contributed by atoms with E-state index in [9.17, 15) is 25.2 Å². The molecule has 1 saturated heterocycles. The van der Waals surface area contributed by atoms with Crippen LogP contribution in [0.1, 0.15) is 0 Å². The topological polar surface area (TPSA) is 177 Å². The number of hydrogen-bond acceptors (Lipinski definition) is 9. The highest BCUT2D eigenvalue weighted by molar-refractivity contribution is 5.71. The van der Waals surface area contributed by atoms with Gasteiger partial charge in [-0.2, -0.15) is 4.98 Å². The molecule has 1 aliphatic heterocycles. The standard InChI is InChI=1S/C10H13N5O6/c16-4-2(8(19)21-9(20)5(4)17)13-10-14-3-6(15-10)11-1-12-7(3)18/h1-2,4-5,8-9,16-17,19-20H,(H3,11,12,13,14,15,18)/t2-,4+,5+,8+,9-/m0/s1. The van der Waals surface area contributed by atoms with E-state index in [2.05, 4.69) is 30.0 Å². The molecule has 3 rings (SSSR count). The van der Waals surface area contributed by atoms with Crippen LogP contribution in [-0.2, 0) is 4.74 Å². The predicted octanol–water partition coefficient (Wildman–Crippen LogP) is -3.18. The van der Waals surface area contributed by atoms with Gasteiger partial charge in [0.2, 0.25) is 5.95 Å². The predicted molar refractivity (Wildman–Crippen MR) is 67.0 cm³/mol. The van der Waals surface area contributed by atoms with Gasteiger partial charge in [-0.3, -0.25) is 4.79 Å². The van der Waals surface area contributed by atoms with Crippen LogP contribution in [-0.4, -0.2) is 71.2 Å². The molecule has 0 spiro atoms. The summed E-state index contributed by atoms with van der Waals surface area (Å²) in [5, 5.41) is 40.9. The highest BCUT2D eigenvalue weighted by atomic mass is 16.7. The van der Waals surface area contributed by atoms with Crippen LogP contribution in [0.5, 0.6) is 0 Å². The van der Waals surface area contributed by atoms with Crippen LogP contribution < -0.4 is 10.9 Å². The van der Waals surface area contributed by atoms with Crippen LogP contribution in [0.25, 0.3) is 11.2 Å². The van der Waals surface area contributed by atoms with Crippen molar-refractivity contribution in [3.63, 3.8) is 0 Å². The molecule has 1 fully saturated rings. The monoisotopic (exact) mass is 299 g/mol. The fraction of sp³-hybridized carbons (Fsp3) is 0.500. The van der Waals surface area contributed by atoms with E-state index < -0.39 is 36.4 Å². The maximum Gasteiger partial charge on any atom is 0.276 e. The van der Waals surface area contributed by atoms with Gasteiger partial charge < -0.3 is 40.4 Å². The molecule has 3 heterocycles. The fourth-order valence-electron chi connectivity index (χ4n) is 2.08. The minimum atomic E-state index is -1.70. The fourth-order valence-corrected chi connectivity index (χ4v) is 2.08. The smallest absolute Gasteiger partial charge is 0.276 e. The number of rotatable bonds is 2. The van der Waals surface area contributed by atoms with Gasteiger partial charge in [-0.05, 0) is 0 Å². The van der Waals surface area contributed by atoms with E-state index in [0.717, 1.165) is 0 Å². The molecular weight excluding hydrogens is 286 g/mol. The van der Waals surface area contributed by atoms with E-state index in [0.29, 0.717) is 0 Å². The molecule has 0 unspecified atom stereocenters. The van der Waals surface area contributed by atoms with Crippen molar-refractivity contribution in [1.29, 1.82) is 0 Å². The lowest BCUT2D eigenvalue weighted by Gasteiger charge is -2.38. The van der Waals surface area contributed by atoms with Gasteiger partial charge in [-0.15, -0.1) is 0 Å². The molecule has 0 bridgehead atoms. The summed E-state index contributed by atoms with van der Waals surface area (Å²) in [5.41, 5.74) is -0.180. The summed E-state index contributed by atoms with van der Waals surface area (Å²) < 4.78 is 4.66. The average Bonchev–Trinajstić information content (AvgIpc) is 2.85. The van der Waals surface area contributed by atoms with Crippen molar-refractivity contribution in [2.75, 3.05) is 5.32 Å². The molecule has 7 N–H and O–H groups in total. The lowest BCUT2D eigenvalue weighted by atomic mass is 10.0. The zero-order valence-corrected chi connectivity index (χ0v) is 10.5. The molecule has 0 amide bonds. The number of aliphatic hydroxyl groups is 4. The second kappa shape index (κ2) is 5.05. The van der Waals surface area contributed by atoms with Crippen molar-refractivity contribution >= 4 is 17.1 Å². The second-order valence-electron chi connectivity index (χ2n) is 4.58. The zero-order valence-electron chi connectivity index (χ0n) is 10.5. The molecule has 0 radical (unpaired) electrons. The Morgan fingerprint density at radius 2 is 1.95 bits per heavy atom. The van der Waals surface area contributed by atoms with E-state index in [1.54, 1.807) is 0 Å². The third-order valence-corrected chi connectivity index (χ3v) is 3.19. The summed E-state index contributed by atoms with van der Waals surface area (Å²) in [6, 6.07) is -1.16. The normalized spacial score (nSPS) is 33.2. The van der Waals surface area contributed by atoms with Gasteiger partial charge in [0.05, 0.1) is 6.33 Å². The van der Waals surface area contributed by atoms with E-state index in [1.165, 1.54) is 6.33 Å².